The van der Waals surface area contributed by atoms with Crippen molar-refractivity contribution in [3.05, 3.63) is 64.5 Å². The van der Waals surface area contributed by atoms with Crippen LogP contribution in [-0.2, 0) is 32.0 Å². The highest BCUT2D eigenvalue weighted by molar-refractivity contribution is 6.43. The number of benzene rings is 1. The predicted octanol–water partition coefficient (Wildman–Crippen LogP) is 3.87. The first-order valence-corrected chi connectivity index (χ1v) is 8.67. The number of esters is 1. The summed E-state index contributed by atoms with van der Waals surface area (Å²) in [6, 6.07) is 6.33. The lowest BCUT2D eigenvalue weighted by Crippen LogP contribution is -2.20. The average molecular weight is 423 g/mol. The normalized spacial score (nSPS) is 12.5. The summed E-state index contributed by atoms with van der Waals surface area (Å²) >= 11 is 0. The minimum absolute atomic E-state index is 0.0265. The Morgan fingerprint density at radius 2 is 1.87 bits per heavy atom. The molecular weight excluding hydrogens is 403 g/mol. The number of hydrogen-bond acceptors (Lipinski definition) is 7. The number of hydrogen-bond donors (Lipinski definition) is 0. The number of alkyl halides is 3. The van der Waals surface area contributed by atoms with Gasteiger partial charge >= 0.3 is 12.1 Å². The molecule has 0 aliphatic heterocycles. The Balaban J connectivity index is 2.33. The summed E-state index contributed by atoms with van der Waals surface area (Å²) in [5.74, 6) is -0.713. The van der Waals surface area contributed by atoms with Gasteiger partial charge in [-0.25, -0.2) is 4.79 Å². The van der Waals surface area contributed by atoms with Gasteiger partial charge in [-0.2, -0.15) is 13.2 Å². The Kier molecular flexibility index (Phi) is 7.51. The van der Waals surface area contributed by atoms with Crippen LogP contribution in [0, 0.1) is 6.92 Å². The van der Waals surface area contributed by atoms with Crippen LogP contribution >= 0.6 is 0 Å². The van der Waals surface area contributed by atoms with Crippen molar-refractivity contribution in [3.8, 4) is 0 Å². The monoisotopic (exact) mass is 423 g/mol. The van der Waals surface area contributed by atoms with Crippen LogP contribution in [0.4, 0.5) is 13.2 Å². The Bertz CT molecular complexity index is 972. The number of carbonyl (C=O) groups is 1. The molecule has 1 aromatic heterocycles. The van der Waals surface area contributed by atoms with E-state index in [2.05, 4.69) is 15.3 Å². The standard InChI is InChI=1S/C20H20F3N3O4/c1-12-6-5-7-15(18(26-29-4)19(27)28-3)16(12)11-30-25-13(2)14-8-9-24-10-17(14)20(21,22)23/h5-10H,11H2,1-4H3/b25-13+,26-18+. The number of ether oxygens (including phenoxy) is 1. The zero-order chi connectivity index (χ0) is 22.3. The Hall–Kier alpha value is -3.43. The molecule has 0 fully saturated rings. The van der Waals surface area contributed by atoms with Crippen LogP contribution in [0.3, 0.4) is 0 Å². The number of methoxy groups -OCH3 is 1. The third kappa shape index (κ3) is 5.34. The Labute approximate surface area is 171 Å². The molecule has 0 amide bonds. The molecule has 1 heterocycles. The minimum Gasteiger partial charge on any atom is -0.464 e. The van der Waals surface area contributed by atoms with Crippen LogP contribution in [0.2, 0.25) is 0 Å². The molecule has 0 saturated heterocycles. The zero-order valence-electron chi connectivity index (χ0n) is 16.8. The maximum Gasteiger partial charge on any atom is 0.418 e. The van der Waals surface area contributed by atoms with E-state index in [0.717, 1.165) is 11.8 Å². The van der Waals surface area contributed by atoms with Crippen molar-refractivity contribution in [1.29, 1.82) is 0 Å². The van der Waals surface area contributed by atoms with Crippen molar-refractivity contribution in [3.63, 3.8) is 0 Å². The fourth-order valence-electron chi connectivity index (χ4n) is 2.68. The molecule has 10 heteroatoms. The molecule has 0 atom stereocenters. The van der Waals surface area contributed by atoms with E-state index in [4.69, 9.17) is 14.4 Å². The van der Waals surface area contributed by atoms with E-state index in [0.29, 0.717) is 11.1 Å². The van der Waals surface area contributed by atoms with Gasteiger partial charge in [-0.1, -0.05) is 28.5 Å². The second-order valence-corrected chi connectivity index (χ2v) is 6.08. The number of aryl methyl sites for hydroxylation is 1. The second kappa shape index (κ2) is 9.86. The number of carbonyl (C=O) groups excluding carboxylic acids is 1. The van der Waals surface area contributed by atoms with Crippen molar-refractivity contribution >= 4 is 17.4 Å². The van der Waals surface area contributed by atoms with Crippen LogP contribution in [0.5, 0.6) is 0 Å². The van der Waals surface area contributed by atoms with Gasteiger partial charge in [0.15, 0.2) is 5.71 Å². The van der Waals surface area contributed by atoms with Crippen LogP contribution in [0.15, 0.2) is 47.0 Å². The maximum absolute atomic E-state index is 13.2. The quantitative estimate of drug-likeness (QED) is 0.384. The first-order valence-electron chi connectivity index (χ1n) is 8.67. The van der Waals surface area contributed by atoms with Gasteiger partial charge in [0.25, 0.3) is 0 Å². The second-order valence-electron chi connectivity index (χ2n) is 6.08. The van der Waals surface area contributed by atoms with Crippen molar-refractivity contribution in [1.82, 2.24) is 4.98 Å². The van der Waals surface area contributed by atoms with Gasteiger partial charge < -0.3 is 14.4 Å². The van der Waals surface area contributed by atoms with Crippen molar-refractivity contribution in [2.75, 3.05) is 14.2 Å². The molecule has 0 N–H and O–H groups in total. The molecule has 0 saturated carbocycles. The molecule has 0 radical (unpaired) electrons. The molecule has 0 spiro atoms. The van der Waals surface area contributed by atoms with Gasteiger partial charge in [0.2, 0.25) is 0 Å². The van der Waals surface area contributed by atoms with Crippen LogP contribution < -0.4 is 0 Å². The van der Waals surface area contributed by atoms with Crippen LogP contribution in [0.1, 0.15) is 34.7 Å². The first-order chi connectivity index (χ1) is 14.2. The summed E-state index contributed by atoms with van der Waals surface area (Å²) in [5.41, 5.74) is 0.617. The fourth-order valence-corrected chi connectivity index (χ4v) is 2.68. The topological polar surface area (TPSA) is 82.4 Å². The molecule has 30 heavy (non-hydrogen) atoms. The number of aromatic nitrogens is 1. The molecule has 0 aliphatic carbocycles. The van der Waals surface area contributed by atoms with Crippen molar-refractivity contribution < 1.29 is 32.4 Å². The number of oxime groups is 2. The van der Waals surface area contributed by atoms with E-state index in [1.165, 1.54) is 33.4 Å². The van der Waals surface area contributed by atoms with E-state index in [1.807, 2.05) is 0 Å². The summed E-state index contributed by atoms with van der Waals surface area (Å²) in [4.78, 5) is 25.6. The predicted molar refractivity (Wildman–Crippen MR) is 103 cm³/mol. The summed E-state index contributed by atoms with van der Waals surface area (Å²) in [6.45, 7) is 3.06. The van der Waals surface area contributed by atoms with E-state index >= 15 is 0 Å². The third-order valence-electron chi connectivity index (χ3n) is 4.15. The lowest BCUT2D eigenvalue weighted by Gasteiger charge is -2.13. The van der Waals surface area contributed by atoms with E-state index in [1.54, 1.807) is 25.1 Å². The molecule has 160 valence electrons. The summed E-state index contributed by atoms with van der Waals surface area (Å²) in [6.07, 6.45) is -2.60. The largest absolute Gasteiger partial charge is 0.464 e. The third-order valence-corrected chi connectivity index (χ3v) is 4.15. The zero-order valence-corrected chi connectivity index (χ0v) is 16.8. The molecule has 7 nitrogen and oxygen atoms in total. The van der Waals surface area contributed by atoms with E-state index in [9.17, 15) is 18.0 Å². The number of rotatable bonds is 7. The molecule has 0 bridgehead atoms. The SMILES string of the molecule is CO/N=C(/C(=O)OC)c1cccc(C)c1CO/N=C(\C)c1ccncc1C(F)(F)F. The minimum atomic E-state index is -4.57. The van der Waals surface area contributed by atoms with Gasteiger partial charge in [-0.15, -0.1) is 0 Å². The van der Waals surface area contributed by atoms with Gasteiger partial charge in [0.05, 0.1) is 18.4 Å². The molecule has 0 unspecified atom stereocenters. The highest BCUT2D eigenvalue weighted by Gasteiger charge is 2.34. The Morgan fingerprint density at radius 3 is 2.50 bits per heavy atom. The molecule has 2 rings (SSSR count). The van der Waals surface area contributed by atoms with Crippen LogP contribution in [0.25, 0.3) is 0 Å². The molecular formula is C20H20F3N3O4. The molecule has 2 aromatic rings. The van der Waals surface area contributed by atoms with Crippen molar-refractivity contribution in [2.45, 2.75) is 26.6 Å². The van der Waals surface area contributed by atoms with E-state index in [-0.39, 0.29) is 23.6 Å². The highest BCUT2D eigenvalue weighted by atomic mass is 19.4. The smallest absolute Gasteiger partial charge is 0.418 e. The van der Waals surface area contributed by atoms with Gasteiger partial charge in [-0.05, 0) is 25.5 Å². The van der Waals surface area contributed by atoms with E-state index < -0.39 is 17.7 Å². The number of pyridine rings is 1. The highest BCUT2D eigenvalue weighted by Crippen LogP contribution is 2.31. The molecule has 0 aliphatic rings. The summed E-state index contributed by atoms with van der Waals surface area (Å²) in [7, 11) is 2.50. The Morgan fingerprint density at radius 1 is 1.13 bits per heavy atom. The van der Waals surface area contributed by atoms with Gasteiger partial charge in [0.1, 0.15) is 13.7 Å². The summed E-state index contributed by atoms with van der Waals surface area (Å²) in [5, 5.41) is 7.53. The lowest BCUT2D eigenvalue weighted by molar-refractivity contribution is -0.138. The first kappa shape index (κ1) is 22.9. The van der Waals surface area contributed by atoms with Gasteiger partial charge in [0, 0.05) is 29.1 Å². The number of nitrogens with zero attached hydrogens (tertiary/aromatic N) is 3. The van der Waals surface area contributed by atoms with Crippen LogP contribution in [-0.4, -0.2) is 36.6 Å². The molecule has 1 aromatic carbocycles. The lowest BCUT2D eigenvalue weighted by atomic mass is 9.99. The fraction of sp³-hybridized carbons (Fsp3) is 0.300. The number of halogens is 3. The average Bonchev–Trinajstić information content (AvgIpc) is 2.72. The van der Waals surface area contributed by atoms with Gasteiger partial charge in [-0.3, -0.25) is 4.98 Å². The summed E-state index contributed by atoms with van der Waals surface area (Å²) < 4.78 is 44.2. The van der Waals surface area contributed by atoms with Crippen molar-refractivity contribution in [2.24, 2.45) is 10.3 Å². The maximum atomic E-state index is 13.2.